The molecule has 0 unspecified atom stereocenters. The van der Waals surface area contributed by atoms with Crippen LogP contribution in [0.2, 0.25) is 0 Å². The average molecular weight is 219 g/mol. The Labute approximate surface area is 90.8 Å². The van der Waals surface area contributed by atoms with Crippen LogP contribution in [0.25, 0.3) is 10.9 Å². The molecule has 82 valence electrons. The zero-order valence-electron chi connectivity index (χ0n) is 8.51. The lowest BCUT2D eigenvalue weighted by Gasteiger charge is -2.01. The minimum Gasteiger partial charge on any atom is -0.425 e. The smallest absolute Gasteiger partial charge is 0.381 e. The third-order valence-electron chi connectivity index (χ3n) is 2.14. The summed E-state index contributed by atoms with van der Waals surface area (Å²) in [6, 6.07) is 8.44. The Bertz CT molecular complexity index is 570. The fourth-order valence-electron chi connectivity index (χ4n) is 1.35. The molecule has 5 nitrogen and oxygen atoms in total. The van der Waals surface area contributed by atoms with Crippen molar-refractivity contribution in [1.29, 1.82) is 0 Å². The van der Waals surface area contributed by atoms with Gasteiger partial charge in [-0.25, -0.2) is 4.79 Å². The zero-order valence-corrected chi connectivity index (χ0v) is 8.51. The van der Waals surface area contributed by atoms with Crippen LogP contribution in [0, 0.1) is 0 Å². The number of nitrogens with zero attached hydrogens (tertiary/aromatic N) is 1. The second-order valence-electron chi connectivity index (χ2n) is 3.30. The van der Waals surface area contributed by atoms with Crippen LogP contribution >= 0.6 is 0 Å². The summed E-state index contributed by atoms with van der Waals surface area (Å²) in [6.45, 7) is 1.10. The Morgan fingerprint density at radius 2 is 2.00 bits per heavy atom. The van der Waals surface area contributed by atoms with Crippen molar-refractivity contribution in [2.45, 2.75) is 6.92 Å². The minimum atomic E-state index is -1.00. The third kappa shape index (κ3) is 1.63. The molecule has 0 amide bonds. The molecule has 0 radical (unpaired) electrons. The summed E-state index contributed by atoms with van der Waals surface area (Å²) in [5.74, 6) is -1.79. The lowest BCUT2D eigenvalue weighted by atomic mass is 10.3. The predicted molar refractivity (Wildman–Crippen MR) is 55.4 cm³/mol. The van der Waals surface area contributed by atoms with Crippen molar-refractivity contribution >= 4 is 22.7 Å². The molecule has 0 saturated heterocycles. The Balaban J connectivity index is 2.42. The summed E-state index contributed by atoms with van der Waals surface area (Å²) < 4.78 is 5.45. The number of Topliss-reactive ketones (excluding diaryl/α,β-unsaturated/α-hetero) is 1. The summed E-state index contributed by atoms with van der Waals surface area (Å²) in [7, 11) is 0. The molecular formula is C11H9NO4. The van der Waals surface area contributed by atoms with Crippen molar-refractivity contribution in [1.82, 2.24) is 4.73 Å². The van der Waals surface area contributed by atoms with E-state index >= 15 is 0 Å². The Kier molecular flexibility index (Phi) is 2.36. The van der Waals surface area contributed by atoms with Gasteiger partial charge in [-0.05, 0) is 6.07 Å². The maximum atomic E-state index is 11.0. The van der Waals surface area contributed by atoms with Crippen molar-refractivity contribution in [2.24, 2.45) is 0 Å². The van der Waals surface area contributed by atoms with Gasteiger partial charge < -0.3 is 9.94 Å². The van der Waals surface area contributed by atoms with E-state index in [1.54, 1.807) is 24.3 Å². The first-order valence-electron chi connectivity index (χ1n) is 4.62. The maximum absolute atomic E-state index is 11.0. The molecule has 1 N–H and O–H groups in total. The highest BCUT2D eigenvalue weighted by Gasteiger charge is 2.15. The summed E-state index contributed by atoms with van der Waals surface area (Å²) in [5, 5.41) is 10.4. The molecule has 5 heteroatoms. The summed E-state index contributed by atoms with van der Waals surface area (Å²) in [4.78, 5) is 21.8. The van der Waals surface area contributed by atoms with E-state index in [9.17, 15) is 14.8 Å². The van der Waals surface area contributed by atoms with E-state index in [1.807, 2.05) is 0 Å². The van der Waals surface area contributed by atoms with Crippen LogP contribution in [-0.2, 0) is 9.59 Å². The molecule has 0 bridgehead atoms. The van der Waals surface area contributed by atoms with Gasteiger partial charge in [0.25, 0.3) is 0 Å². The van der Waals surface area contributed by atoms with Gasteiger partial charge in [0, 0.05) is 18.4 Å². The largest absolute Gasteiger partial charge is 0.425 e. The van der Waals surface area contributed by atoms with Crippen LogP contribution in [0.3, 0.4) is 0 Å². The van der Waals surface area contributed by atoms with E-state index < -0.39 is 11.8 Å². The summed E-state index contributed by atoms with van der Waals surface area (Å²) in [6.07, 6.45) is 0. The Hall–Kier alpha value is -2.30. The molecule has 16 heavy (non-hydrogen) atoms. The molecule has 0 aliphatic carbocycles. The number of carbonyl (C=O) groups excluding carboxylic acids is 2. The number of ether oxygens (including phenoxy) is 1. The van der Waals surface area contributed by atoms with Gasteiger partial charge in [0.1, 0.15) is 0 Å². The maximum Gasteiger partial charge on any atom is 0.381 e. The van der Waals surface area contributed by atoms with E-state index in [0.717, 1.165) is 17.0 Å². The number of aromatic nitrogens is 1. The monoisotopic (exact) mass is 219 g/mol. The first-order valence-corrected chi connectivity index (χ1v) is 4.62. The van der Waals surface area contributed by atoms with E-state index in [1.165, 1.54) is 6.07 Å². The lowest BCUT2D eigenvalue weighted by molar-refractivity contribution is -0.146. The van der Waals surface area contributed by atoms with Gasteiger partial charge in [-0.2, -0.15) is 4.73 Å². The third-order valence-corrected chi connectivity index (χ3v) is 2.14. The van der Waals surface area contributed by atoms with Gasteiger partial charge in [-0.1, -0.05) is 18.2 Å². The highest BCUT2D eigenvalue weighted by Crippen LogP contribution is 2.23. The van der Waals surface area contributed by atoms with Crippen LogP contribution in [0.5, 0.6) is 5.88 Å². The van der Waals surface area contributed by atoms with Gasteiger partial charge in [0.2, 0.25) is 11.7 Å². The average Bonchev–Trinajstić information content (AvgIpc) is 2.56. The Morgan fingerprint density at radius 1 is 1.31 bits per heavy atom. The zero-order chi connectivity index (χ0) is 11.7. The molecule has 2 aromatic rings. The van der Waals surface area contributed by atoms with Gasteiger partial charge in [0.15, 0.2) is 0 Å². The first-order chi connectivity index (χ1) is 7.59. The van der Waals surface area contributed by atoms with E-state index in [4.69, 9.17) is 4.74 Å². The minimum absolute atomic E-state index is 0.0681. The van der Waals surface area contributed by atoms with Gasteiger partial charge >= 0.3 is 5.97 Å². The molecule has 0 atom stereocenters. The van der Waals surface area contributed by atoms with Crippen LogP contribution in [0.15, 0.2) is 30.3 Å². The number of rotatable bonds is 2. The second-order valence-corrected chi connectivity index (χ2v) is 3.30. The van der Waals surface area contributed by atoms with Crippen LogP contribution in [0.1, 0.15) is 6.92 Å². The molecular weight excluding hydrogens is 210 g/mol. The SMILES string of the molecule is CC(=O)C(=O)Oc1cc2ccccc2n1O. The molecule has 0 spiro atoms. The molecule has 0 aliphatic rings. The Morgan fingerprint density at radius 3 is 2.62 bits per heavy atom. The topological polar surface area (TPSA) is 68.5 Å². The van der Waals surface area contributed by atoms with Crippen molar-refractivity contribution in [3.05, 3.63) is 30.3 Å². The van der Waals surface area contributed by atoms with Crippen molar-refractivity contribution in [3.63, 3.8) is 0 Å². The number of fused-ring (bicyclic) bond motifs is 1. The fraction of sp³-hybridized carbons (Fsp3) is 0.0909. The highest BCUT2D eigenvalue weighted by molar-refractivity contribution is 6.33. The van der Waals surface area contributed by atoms with Crippen molar-refractivity contribution in [2.75, 3.05) is 0 Å². The summed E-state index contributed by atoms with van der Waals surface area (Å²) >= 11 is 0. The number of para-hydroxylation sites is 1. The van der Waals surface area contributed by atoms with Crippen LogP contribution < -0.4 is 4.74 Å². The standard InChI is InChI=1S/C11H9NO4/c1-7(13)11(14)16-10-6-8-4-2-3-5-9(8)12(10)15/h2-6,15H,1H3. The molecule has 0 fully saturated rings. The number of benzene rings is 1. The highest BCUT2D eigenvalue weighted by atomic mass is 16.6. The molecule has 2 rings (SSSR count). The molecule has 1 aromatic carbocycles. The fourth-order valence-corrected chi connectivity index (χ4v) is 1.35. The number of hydrogen-bond donors (Lipinski definition) is 1. The number of carbonyl (C=O) groups is 2. The van der Waals surface area contributed by atoms with Gasteiger partial charge in [-0.15, -0.1) is 0 Å². The van der Waals surface area contributed by atoms with Crippen molar-refractivity contribution in [3.8, 4) is 5.88 Å². The quantitative estimate of drug-likeness (QED) is 0.470. The van der Waals surface area contributed by atoms with Crippen LogP contribution in [0.4, 0.5) is 0 Å². The molecule has 1 heterocycles. The van der Waals surface area contributed by atoms with Crippen LogP contribution in [-0.4, -0.2) is 21.7 Å². The lowest BCUT2D eigenvalue weighted by Crippen LogP contribution is -2.18. The molecule has 1 aromatic heterocycles. The number of esters is 1. The second kappa shape index (κ2) is 3.69. The first kappa shape index (κ1) is 10.2. The van der Waals surface area contributed by atoms with E-state index in [2.05, 4.69) is 0 Å². The van der Waals surface area contributed by atoms with Gasteiger partial charge in [0.05, 0.1) is 5.52 Å². The number of hydrogen-bond acceptors (Lipinski definition) is 4. The van der Waals surface area contributed by atoms with E-state index in [0.29, 0.717) is 5.52 Å². The van der Waals surface area contributed by atoms with Gasteiger partial charge in [-0.3, -0.25) is 4.79 Å². The molecule has 0 saturated carbocycles. The summed E-state index contributed by atoms with van der Waals surface area (Å²) in [5.41, 5.74) is 0.508. The normalized spacial score (nSPS) is 10.3. The van der Waals surface area contributed by atoms with Crippen molar-refractivity contribution < 1.29 is 19.5 Å². The van der Waals surface area contributed by atoms with E-state index in [-0.39, 0.29) is 5.88 Å². The molecule has 0 aliphatic heterocycles. The predicted octanol–water partition coefficient (Wildman–Crippen LogP) is 1.37. The number of ketones is 1.